The van der Waals surface area contributed by atoms with E-state index in [-0.39, 0.29) is 30.4 Å². The summed E-state index contributed by atoms with van der Waals surface area (Å²) < 4.78 is 0. The van der Waals surface area contributed by atoms with E-state index in [4.69, 9.17) is 5.11 Å². The molecule has 0 bridgehead atoms. The first-order chi connectivity index (χ1) is 6.61. The number of amides is 2. The molecule has 0 aromatic rings. The standard InChI is InChI=1S/C10H15NO3/c1-3-8(6-12)7(2)11-9(13)4-5-10(11)14/h4-5,7-8,12H,3,6H2,1-2H3. The third kappa shape index (κ3) is 1.85. The molecule has 2 amide bonds. The number of aliphatic hydroxyl groups is 1. The van der Waals surface area contributed by atoms with E-state index in [0.717, 1.165) is 6.42 Å². The SMILES string of the molecule is CCC(CO)C(C)N1C(=O)C=CC1=O. The molecule has 0 aromatic heterocycles. The van der Waals surface area contributed by atoms with Gasteiger partial charge in [-0.1, -0.05) is 6.92 Å². The number of hydrogen-bond acceptors (Lipinski definition) is 3. The number of rotatable bonds is 4. The molecule has 0 aliphatic carbocycles. The van der Waals surface area contributed by atoms with Gasteiger partial charge in [-0.25, -0.2) is 0 Å². The van der Waals surface area contributed by atoms with Gasteiger partial charge >= 0.3 is 0 Å². The zero-order valence-electron chi connectivity index (χ0n) is 8.43. The highest BCUT2D eigenvalue weighted by Crippen LogP contribution is 2.18. The second-order valence-electron chi connectivity index (χ2n) is 3.47. The first-order valence-corrected chi connectivity index (χ1v) is 4.77. The molecular formula is C10H15NO3. The largest absolute Gasteiger partial charge is 0.396 e. The normalized spacial score (nSPS) is 20.4. The van der Waals surface area contributed by atoms with Gasteiger partial charge in [0.1, 0.15) is 0 Å². The Hall–Kier alpha value is -1.16. The molecular weight excluding hydrogens is 182 g/mol. The van der Waals surface area contributed by atoms with Crippen molar-refractivity contribution in [2.45, 2.75) is 26.3 Å². The highest BCUT2D eigenvalue weighted by molar-refractivity contribution is 6.13. The van der Waals surface area contributed by atoms with Crippen LogP contribution in [0.25, 0.3) is 0 Å². The molecule has 78 valence electrons. The van der Waals surface area contributed by atoms with Gasteiger partial charge in [-0.15, -0.1) is 0 Å². The molecule has 0 fully saturated rings. The van der Waals surface area contributed by atoms with E-state index in [9.17, 15) is 9.59 Å². The van der Waals surface area contributed by atoms with E-state index >= 15 is 0 Å². The second-order valence-corrected chi connectivity index (χ2v) is 3.47. The Kier molecular flexibility index (Phi) is 3.41. The number of imide groups is 1. The Bertz CT molecular complexity index is 251. The van der Waals surface area contributed by atoms with Crippen molar-refractivity contribution in [3.05, 3.63) is 12.2 Å². The van der Waals surface area contributed by atoms with E-state index in [1.54, 1.807) is 6.92 Å². The van der Waals surface area contributed by atoms with E-state index < -0.39 is 0 Å². The minimum atomic E-state index is -0.283. The lowest BCUT2D eigenvalue weighted by Gasteiger charge is -2.28. The molecule has 4 nitrogen and oxygen atoms in total. The quantitative estimate of drug-likeness (QED) is 0.660. The van der Waals surface area contributed by atoms with Crippen molar-refractivity contribution in [2.24, 2.45) is 5.92 Å². The van der Waals surface area contributed by atoms with Gasteiger partial charge in [0.15, 0.2) is 0 Å². The summed E-state index contributed by atoms with van der Waals surface area (Å²) in [5.74, 6) is -0.605. The summed E-state index contributed by atoms with van der Waals surface area (Å²) >= 11 is 0. The lowest BCUT2D eigenvalue weighted by atomic mass is 9.98. The molecule has 1 heterocycles. The summed E-state index contributed by atoms with van der Waals surface area (Å²) in [6.45, 7) is 3.71. The summed E-state index contributed by atoms with van der Waals surface area (Å²) in [6, 6.07) is -0.236. The highest BCUT2D eigenvalue weighted by atomic mass is 16.3. The van der Waals surface area contributed by atoms with Crippen LogP contribution in [0.2, 0.25) is 0 Å². The van der Waals surface area contributed by atoms with Crippen molar-refractivity contribution in [1.82, 2.24) is 4.90 Å². The van der Waals surface area contributed by atoms with Crippen LogP contribution in [0, 0.1) is 5.92 Å². The molecule has 4 heteroatoms. The average Bonchev–Trinajstić information content (AvgIpc) is 2.48. The van der Waals surface area contributed by atoms with Crippen LogP contribution in [0.5, 0.6) is 0 Å². The monoisotopic (exact) mass is 197 g/mol. The predicted molar refractivity (Wildman–Crippen MR) is 51.3 cm³/mol. The van der Waals surface area contributed by atoms with Gasteiger partial charge < -0.3 is 5.11 Å². The van der Waals surface area contributed by atoms with Gasteiger partial charge in [-0.3, -0.25) is 14.5 Å². The van der Waals surface area contributed by atoms with E-state index in [1.165, 1.54) is 17.1 Å². The molecule has 0 saturated carbocycles. The molecule has 0 spiro atoms. The second kappa shape index (κ2) is 4.37. The summed E-state index contributed by atoms with van der Waals surface area (Å²) in [5.41, 5.74) is 0. The topological polar surface area (TPSA) is 57.6 Å². The van der Waals surface area contributed by atoms with Crippen molar-refractivity contribution in [3.8, 4) is 0 Å². The zero-order chi connectivity index (χ0) is 10.7. The molecule has 1 aliphatic heterocycles. The molecule has 0 radical (unpaired) electrons. The Labute approximate surface area is 83.2 Å². The summed E-state index contributed by atoms with van der Waals surface area (Å²) in [6.07, 6.45) is 3.28. The number of hydrogen-bond donors (Lipinski definition) is 1. The van der Waals surface area contributed by atoms with Gasteiger partial charge in [0.05, 0.1) is 0 Å². The minimum Gasteiger partial charge on any atom is -0.396 e. The van der Waals surface area contributed by atoms with Crippen molar-refractivity contribution in [3.63, 3.8) is 0 Å². The van der Waals surface area contributed by atoms with Crippen molar-refractivity contribution in [2.75, 3.05) is 6.61 Å². The molecule has 1 N–H and O–H groups in total. The van der Waals surface area contributed by atoms with Crippen LogP contribution in [0.15, 0.2) is 12.2 Å². The lowest BCUT2D eigenvalue weighted by Crippen LogP contribution is -2.43. The van der Waals surface area contributed by atoms with Crippen LogP contribution in [-0.2, 0) is 9.59 Å². The number of carbonyl (C=O) groups excluding carboxylic acids is 2. The maximum Gasteiger partial charge on any atom is 0.253 e. The van der Waals surface area contributed by atoms with Crippen LogP contribution in [0.1, 0.15) is 20.3 Å². The third-order valence-electron chi connectivity index (χ3n) is 2.69. The van der Waals surface area contributed by atoms with Crippen LogP contribution >= 0.6 is 0 Å². The van der Waals surface area contributed by atoms with Crippen LogP contribution in [0.4, 0.5) is 0 Å². The Balaban J connectivity index is 2.73. The maximum atomic E-state index is 11.3. The highest BCUT2D eigenvalue weighted by Gasteiger charge is 2.32. The van der Waals surface area contributed by atoms with Crippen molar-refractivity contribution >= 4 is 11.8 Å². The van der Waals surface area contributed by atoms with Gasteiger partial charge in [0.2, 0.25) is 0 Å². The number of nitrogens with zero attached hydrogens (tertiary/aromatic N) is 1. The predicted octanol–water partition coefficient (Wildman–Crippen LogP) is 0.318. The summed E-state index contributed by atoms with van der Waals surface area (Å²) in [7, 11) is 0. The van der Waals surface area contributed by atoms with Crippen molar-refractivity contribution < 1.29 is 14.7 Å². The Morgan fingerprint density at radius 1 is 1.36 bits per heavy atom. The van der Waals surface area contributed by atoms with Gasteiger partial charge in [-0.05, 0) is 13.3 Å². The van der Waals surface area contributed by atoms with E-state index in [0.29, 0.717) is 0 Å². The first kappa shape index (κ1) is 10.9. The maximum absolute atomic E-state index is 11.3. The number of aliphatic hydroxyl groups excluding tert-OH is 1. The molecule has 14 heavy (non-hydrogen) atoms. The minimum absolute atomic E-state index is 0.00523. The first-order valence-electron chi connectivity index (χ1n) is 4.77. The lowest BCUT2D eigenvalue weighted by molar-refractivity contribution is -0.140. The third-order valence-corrected chi connectivity index (χ3v) is 2.69. The van der Waals surface area contributed by atoms with Crippen molar-refractivity contribution in [1.29, 1.82) is 0 Å². The molecule has 2 atom stereocenters. The fourth-order valence-corrected chi connectivity index (χ4v) is 1.65. The zero-order valence-corrected chi connectivity index (χ0v) is 8.43. The smallest absolute Gasteiger partial charge is 0.253 e. The Morgan fingerprint density at radius 2 is 1.86 bits per heavy atom. The molecule has 1 rings (SSSR count). The van der Waals surface area contributed by atoms with Gasteiger partial charge in [0, 0.05) is 30.7 Å². The molecule has 1 aliphatic rings. The van der Waals surface area contributed by atoms with E-state index in [2.05, 4.69) is 0 Å². The summed E-state index contributed by atoms with van der Waals surface area (Å²) in [5, 5.41) is 9.06. The summed E-state index contributed by atoms with van der Waals surface area (Å²) in [4.78, 5) is 23.8. The number of carbonyl (C=O) groups is 2. The van der Waals surface area contributed by atoms with E-state index in [1.807, 2.05) is 6.92 Å². The average molecular weight is 197 g/mol. The fourth-order valence-electron chi connectivity index (χ4n) is 1.65. The molecule has 2 unspecified atom stereocenters. The van der Waals surface area contributed by atoms with Crippen LogP contribution in [0.3, 0.4) is 0 Å². The van der Waals surface area contributed by atoms with Gasteiger partial charge in [-0.2, -0.15) is 0 Å². The Morgan fingerprint density at radius 3 is 2.21 bits per heavy atom. The van der Waals surface area contributed by atoms with Crippen LogP contribution < -0.4 is 0 Å². The van der Waals surface area contributed by atoms with Gasteiger partial charge in [0.25, 0.3) is 11.8 Å². The molecule has 0 aromatic carbocycles. The van der Waals surface area contributed by atoms with Crippen LogP contribution in [-0.4, -0.2) is 34.5 Å². The fraction of sp³-hybridized carbons (Fsp3) is 0.600. The molecule has 0 saturated heterocycles.